The van der Waals surface area contributed by atoms with E-state index in [1.165, 1.54) is 0 Å². The van der Waals surface area contributed by atoms with E-state index in [9.17, 15) is 9.59 Å². The zero-order chi connectivity index (χ0) is 21.9. The Balaban J connectivity index is 1.26. The fourth-order valence-corrected chi connectivity index (χ4v) is 4.39. The SMILES string of the molecule is O=C(NCc1cccc(NC(=O)C2CCCC2)c1)c1nnn(-c2ccccc2)c1C1CC1. The molecule has 2 N–H and O–H groups in total. The molecule has 2 amide bonds. The summed E-state index contributed by atoms with van der Waals surface area (Å²) in [7, 11) is 0. The van der Waals surface area contributed by atoms with Gasteiger partial charge in [0.25, 0.3) is 5.91 Å². The van der Waals surface area contributed by atoms with Crippen LogP contribution in [-0.2, 0) is 11.3 Å². The van der Waals surface area contributed by atoms with Gasteiger partial charge < -0.3 is 10.6 Å². The predicted molar refractivity (Wildman–Crippen MR) is 122 cm³/mol. The van der Waals surface area contributed by atoms with E-state index in [-0.39, 0.29) is 17.7 Å². The summed E-state index contributed by atoms with van der Waals surface area (Å²) >= 11 is 0. The normalized spacial score (nSPS) is 16.1. The van der Waals surface area contributed by atoms with Crippen LogP contribution in [0.2, 0.25) is 0 Å². The number of aromatic nitrogens is 3. The van der Waals surface area contributed by atoms with Gasteiger partial charge in [-0.3, -0.25) is 9.59 Å². The number of para-hydroxylation sites is 1. The molecule has 3 aromatic rings. The fraction of sp³-hybridized carbons (Fsp3) is 0.360. The summed E-state index contributed by atoms with van der Waals surface area (Å²) in [5, 5.41) is 14.5. The third-order valence-electron chi connectivity index (χ3n) is 6.26. The molecule has 2 aliphatic rings. The Kier molecular flexibility index (Phi) is 5.71. The third kappa shape index (κ3) is 4.42. The molecule has 7 nitrogen and oxygen atoms in total. The second-order valence-electron chi connectivity index (χ2n) is 8.70. The van der Waals surface area contributed by atoms with E-state index in [0.29, 0.717) is 18.2 Å². The van der Waals surface area contributed by atoms with Gasteiger partial charge >= 0.3 is 0 Å². The molecule has 0 bridgehead atoms. The van der Waals surface area contributed by atoms with Crippen LogP contribution in [0, 0.1) is 5.92 Å². The molecule has 32 heavy (non-hydrogen) atoms. The topological polar surface area (TPSA) is 88.9 Å². The van der Waals surface area contributed by atoms with Crippen molar-refractivity contribution in [1.29, 1.82) is 0 Å². The van der Waals surface area contributed by atoms with Crippen molar-refractivity contribution in [2.75, 3.05) is 5.32 Å². The van der Waals surface area contributed by atoms with Crippen LogP contribution in [0.25, 0.3) is 5.69 Å². The lowest BCUT2D eigenvalue weighted by Gasteiger charge is -2.12. The summed E-state index contributed by atoms with van der Waals surface area (Å²) in [6.07, 6.45) is 6.28. The first kappa shape index (κ1) is 20.4. The molecule has 0 radical (unpaired) electrons. The van der Waals surface area contributed by atoms with Crippen LogP contribution < -0.4 is 10.6 Å². The van der Waals surface area contributed by atoms with E-state index in [1.54, 1.807) is 4.68 Å². The molecule has 0 aliphatic heterocycles. The summed E-state index contributed by atoms with van der Waals surface area (Å²) in [5.41, 5.74) is 3.87. The number of hydrogen-bond donors (Lipinski definition) is 2. The number of hydrogen-bond acceptors (Lipinski definition) is 4. The molecule has 5 rings (SSSR count). The number of rotatable bonds is 7. The number of nitrogens with zero attached hydrogens (tertiary/aromatic N) is 3. The molecular formula is C25H27N5O2. The van der Waals surface area contributed by atoms with Crippen LogP contribution >= 0.6 is 0 Å². The molecule has 0 saturated heterocycles. The summed E-state index contributed by atoms with van der Waals surface area (Å²) in [4.78, 5) is 25.4. The van der Waals surface area contributed by atoms with Gasteiger partial charge in [-0.2, -0.15) is 0 Å². The molecule has 1 heterocycles. The Morgan fingerprint density at radius 1 is 0.969 bits per heavy atom. The standard InChI is InChI=1S/C25H27N5O2/c31-24(19-8-4-5-9-19)27-20-10-6-7-17(15-20)16-26-25(32)22-23(18-13-14-18)30(29-28-22)21-11-2-1-3-12-21/h1-3,6-7,10-12,15,18-19H,4-5,8-9,13-14,16H2,(H,26,32)(H,27,31). The number of amides is 2. The summed E-state index contributed by atoms with van der Waals surface area (Å²) in [5.74, 6) is 0.302. The second-order valence-corrected chi connectivity index (χ2v) is 8.70. The molecule has 0 unspecified atom stereocenters. The second kappa shape index (κ2) is 8.94. The van der Waals surface area contributed by atoms with Crippen LogP contribution in [0.1, 0.15) is 66.2 Å². The van der Waals surface area contributed by atoms with Crippen molar-refractivity contribution in [2.24, 2.45) is 5.92 Å². The van der Waals surface area contributed by atoms with Crippen molar-refractivity contribution in [3.63, 3.8) is 0 Å². The predicted octanol–water partition coefficient (Wildman–Crippen LogP) is 4.20. The number of carbonyl (C=O) groups excluding carboxylic acids is 2. The largest absolute Gasteiger partial charge is 0.347 e. The summed E-state index contributed by atoms with van der Waals surface area (Å²) < 4.78 is 1.78. The number of carbonyl (C=O) groups is 2. The Morgan fingerprint density at radius 2 is 1.75 bits per heavy atom. The van der Waals surface area contributed by atoms with E-state index < -0.39 is 0 Å². The van der Waals surface area contributed by atoms with Crippen molar-refractivity contribution >= 4 is 17.5 Å². The van der Waals surface area contributed by atoms with Crippen LogP contribution in [0.5, 0.6) is 0 Å². The first-order valence-electron chi connectivity index (χ1n) is 11.4. The Morgan fingerprint density at radius 3 is 2.50 bits per heavy atom. The smallest absolute Gasteiger partial charge is 0.274 e. The van der Waals surface area contributed by atoms with Gasteiger partial charge in [0.2, 0.25) is 5.91 Å². The highest BCUT2D eigenvalue weighted by Crippen LogP contribution is 2.42. The molecular weight excluding hydrogens is 402 g/mol. The highest BCUT2D eigenvalue weighted by Gasteiger charge is 2.34. The van der Waals surface area contributed by atoms with Gasteiger partial charge in [0.15, 0.2) is 5.69 Å². The Bertz CT molecular complexity index is 1110. The van der Waals surface area contributed by atoms with Gasteiger partial charge in [0.05, 0.1) is 11.4 Å². The molecule has 164 valence electrons. The number of nitrogens with one attached hydrogen (secondary N) is 2. The van der Waals surface area contributed by atoms with Gasteiger partial charge in [-0.25, -0.2) is 4.68 Å². The van der Waals surface area contributed by atoms with Crippen LogP contribution in [-0.4, -0.2) is 26.8 Å². The lowest BCUT2D eigenvalue weighted by atomic mass is 10.1. The minimum Gasteiger partial charge on any atom is -0.347 e. The highest BCUT2D eigenvalue weighted by atomic mass is 16.2. The van der Waals surface area contributed by atoms with Crippen LogP contribution in [0.15, 0.2) is 54.6 Å². The van der Waals surface area contributed by atoms with E-state index in [1.807, 2.05) is 54.6 Å². The van der Waals surface area contributed by atoms with Crippen molar-refractivity contribution in [3.05, 3.63) is 71.5 Å². The summed E-state index contributed by atoms with van der Waals surface area (Å²) in [6, 6.07) is 17.4. The Hall–Kier alpha value is -3.48. The van der Waals surface area contributed by atoms with Crippen molar-refractivity contribution in [2.45, 2.75) is 51.0 Å². The average molecular weight is 430 g/mol. The van der Waals surface area contributed by atoms with Crippen LogP contribution in [0.3, 0.4) is 0 Å². The quantitative estimate of drug-likeness (QED) is 0.589. The average Bonchev–Trinajstić information content (AvgIpc) is 3.32. The van der Waals surface area contributed by atoms with Gasteiger partial charge in [-0.05, 0) is 55.5 Å². The van der Waals surface area contributed by atoms with Gasteiger partial charge in [0, 0.05) is 24.1 Å². The lowest BCUT2D eigenvalue weighted by molar-refractivity contribution is -0.119. The molecule has 2 fully saturated rings. The zero-order valence-corrected chi connectivity index (χ0v) is 18.0. The molecule has 2 saturated carbocycles. The van der Waals surface area contributed by atoms with Gasteiger partial charge in [0.1, 0.15) is 0 Å². The van der Waals surface area contributed by atoms with Gasteiger partial charge in [-0.15, -0.1) is 5.10 Å². The maximum absolute atomic E-state index is 13.0. The first-order chi connectivity index (χ1) is 15.7. The van der Waals surface area contributed by atoms with E-state index >= 15 is 0 Å². The van der Waals surface area contributed by atoms with E-state index in [4.69, 9.17) is 0 Å². The molecule has 1 aromatic heterocycles. The number of anilines is 1. The van der Waals surface area contributed by atoms with E-state index in [2.05, 4.69) is 20.9 Å². The molecule has 2 aromatic carbocycles. The monoisotopic (exact) mass is 429 g/mol. The fourth-order valence-electron chi connectivity index (χ4n) is 4.39. The zero-order valence-electron chi connectivity index (χ0n) is 18.0. The van der Waals surface area contributed by atoms with Crippen molar-refractivity contribution in [3.8, 4) is 5.69 Å². The number of benzene rings is 2. The van der Waals surface area contributed by atoms with Crippen molar-refractivity contribution in [1.82, 2.24) is 20.3 Å². The molecule has 0 atom stereocenters. The lowest BCUT2D eigenvalue weighted by Crippen LogP contribution is -2.25. The summed E-state index contributed by atoms with van der Waals surface area (Å²) in [6.45, 7) is 0.355. The molecule has 0 spiro atoms. The third-order valence-corrected chi connectivity index (χ3v) is 6.26. The maximum Gasteiger partial charge on any atom is 0.274 e. The van der Waals surface area contributed by atoms with Crippen LogP contribution in [0.4, 0.5) is 5.69 Å². The van der Waals surface area contributed by atoms with Gasteiger partial charge in [-0.1, -0.05) is 48.4 Å². The first-order valence-corrected chi connectivity index (χ1v) is 11.4. The minimum absolute atomic E-state index is 0.0929. The van der Waals surface area contributed by atoms with Crippen molar-refractivity contribution < 1.29 is 9.59 Å². The Labute approximate surface area is 187 Å². The molecule has 7 heteroatoms. The van der Waals surface area contributed by atoms with E-state index in [0.717, 1.165) is 61.2 Å². The minimum atomic E-state index is -0.227. The molecule has 2 aliphatic carbocycles. The maximum atomic E-state index is 13.0. The highest BCUT2D eigenvalue weighted by molar-refractivity contribution is 5.94.